The summed E-state index contributed by atoms with van der Waals surface area (Å²) in [6.45, 7) is 1.11. The van der Waals surface area contributed by atoms with E-state index < -0.39 is 5.97 Å². The summed E-state index contributed by atoms with van der Waals surface area (Å²) in [5.74, 6) is -0.446. The lowest BCUT2D eigenvalue weighted by atomic mass is 10.1. The maximum Gasteiger partial charge on any atom is 0.337 e. The van der Waals surface area contributed by atoms with Crippen molar-refractivity contribution in [3.05, 3.63) is 46.4 Å². The largest absolute Gasteiger partial charge is 0.465 e. The summed E-state index contributed by atoms with van der Waals surface area (Å²) < 4.78 is 6.26. The molecule has 1 aromatic heterocycles. The highest BCUT2D eigenvalue weighted by Crippen LogP contribution is 2.13. The number of nitrogens with zero attached hydrogens (tertiary/aromatic N) is 1. The van der Waals surface area contributed by atoms with Crippen molar-refractivity contribution >= 4 is 29.1 Å². The predicted octanol–water partition coefficient (Wildman–Crippen LogP) is 1.56. The molecule has 2 rings (SSSR count). The molecule has 2 N–H and O–H groups in total. The minimum Gasteiger partial charge on any atom is -0.465 e. The summed E-state index contributed by atoms with van der Waals surface area (Å²) in [7, 11) is 1.32. The normalized spacial score (nSPS) is 10.1. The molecule has 108 valence electrons. The third kappa shape index (κ3) is 3.18. The van der Waals surface area contributed by atoms with Gasteiger partial charge in [-0.05, 0) is 36.6 Å². The maximum absolute atomic E-state index is 12.3. The molecule has 5 nitrogen and oxygen atoms in total. The van der Waals surface area contributed by atoms with Gasteiger partial charge in [-0.3, -0.25) is 4.79 Å². The molecule has 1 aromatic carbocycles. The molecule has 1 heterocycles. The first-order valence-electron chi connectivity index (χ1n) is 6.09. The van der Waals surface area contributed by atoms with Gasteiger partial charge in [0.1, 0.15) is 0 Å². The molecule has 2 aromatic rings. The van der Waals surface area contributed by atoms with Crippen molar-refractivity contribution in [2.45, 2.75) is 13.0 Å². The molecule has 0 aliphatic heterocycles. The molecule has 0 fully saturated rings. The SMILES string of the molecule is COC(=O)c1ccc2ccn(CCCN)c(=O)c2c1.Cl. The van der Waals surface area contributed by atoms with E-state index in [0.717, 1.165) is 11.8 Å². The first kappa shape index (κ1) is 16.2. The Morgan fingerprint density at radius 3 is 2.75 bits per heavy atom. The van der Waals surface area contributed by atoms with E-state index in [1.807, 2.05) is 6.07 Å². The minimum atomic E-state index is -0.446. The summed E-state index contributed by atoms with van der Waals surface area (Å²) in [6, 6.07) is 6.82. The zero-order chi connectivity index (χ0) is 13.8. The van der Waals surface area contributed by atoms with Crippen molar-refractivity contribution in [1.29, 1.82) is 0 Å². The number of esters is 1. The van der Waals surface area contributed by atoms with Gasteiger partial charge in [0, 0.05) is 18.1 Å². The van der Waals surface area contributed by atoms with Crippen LogP contribution in [0.25, 0.3) is 10.8 Å². The van der Waals surface area contributed by atoms with Gasteiger partial charge >= 0.3 is 5.97 Å². The Labute approximate surface area is 122 Å². The van der Waals surface area contributed by atoms with Crippen LogP contribution >= 0.6 is 12.4 Å². The predicted molar refractivity (Wildman–Crippen MR) is 80.5 cm³/mol. The van der Waals surface area contributed by atoms with E-state index in [1.54, 1.807) is 29.0 Å². The van der Waals surface area contributed by atoms with Gasteiger partial charge in [-0.1, -0.05) is 6.07 Å². The Morgan fingerprint density at radius 1 is 1.35 bits per heavy atom. The number of nitrogens with two attached hydrogens (primary N) is 1. The molecule has 0 unspecified atom stereocenters. The summed E-state index contributed by atoms with van der Waals surface area (Å²) >= 11 is 0. The first-order valence-corrected chi connectivity index (χ1v) is 6.09. The van der Waals surface area contributed by atoms with E-state index in [0.29, 0.717) is 24.0 Å². The Hall–Kier alpha value is -1.85. The van der Waals surface area contributed by atoms with E-state index in [9.17, 15) is 9.59 Å². The average Bonchev–Trinajstić information content (AvgIpc) is 2.45. The number of fused-ring (bicyclic) bond motifs is 1. The van der Waals surface area contributed by atoms with Gasteiger partial charge in [0.25, 0.3) is 5.56 Å². The molecule has 20 heavy (non-hydrogen) atoms. The van der Waals surface area contributed by atoms with Crippen molar-refractivity contribution in [3.8, 4) is 0 Å². The van der Waals surface area contributed by atoms with E-state index in [-0.39, 0.29) is 18.0 Å². The van der Waals surface area contributed by atoms with Crippen molar-refractivity contribution in [2.75, 3.05) is 13.7 Å². The number of pyridine rings is 1. The lowest BCUT2D eigenvalue weighted by Crippen LogP contribution is -2.21. The Bertz CT molecular complexity index is 667. The zero-order valence-electron chi connectivity index (χ0n) is 11.2. The molecule has 0 atom stereocenters. The van der Waals surface area contributed by atoms with Crippen LogP contribution in [0.3, 0.4) is 0 Å². The molecule has 0 aliphatic carbocycles. The number of ether oxygens (including phenoxy) is 1. The standard InChI is InChI=1S/C14H16N2O3.ClH/c1-19-14(18)11-4-3-10-5-8-16(7-2-6-15)13(17)12(10)9-11;/h3-5,8-9H,2,6-7,15H2,1H3;1H. The highest BCUT2D eigenvalue weighted by atomic mass is 35.5. The molecule has 6 heteroatoms. The fourth-order valence-corrected chi connectivity index (χ4v) is 1.96. The van der Waals surface area contributed by atoms with Crippen molar-refractivity contribution in [3.63, 3.8) is 0 Å². The minimum absolute atomic E-state index is 0. The van der Waals surface area contributed by atoms with Crippen LogP contribution in [0.1, 0.15) is 16.8 Å². The molecule has 0 amide bonds. The number of methoxy groups -OCH3 is 1. The number of aromatic nitrogens is 1. The number of halogens is 1. The molecule has 0 radical (unpaired) electrons. The van der Waals surface area contributed by atoms with E-state index in [1.165, 1.54) is 7.11 Å². The fourth-order valence-electron chi connectivity index (χ4n) is 1.96. The highest BCUT2D eigenvalue weighted by molar-refractivity contribution is 5.95. The zero-order valence-corrected chi connectivity index (χ0v) is 12.0. The number of benzene rings is 1. The van der Waals surface area contributed by atoms with Crippen molar-refractivity contribution in [2.24, 2.45) is 5.73 Å². The van der Waals surface area contributed by atoms with E-state index in [2.05, 4.69) is 4.74 Å². The lowest BCUT2D eigenvalue weighted by molar-refractivity contribution is 0.0601. The number of hydrogen-bond donors (Lipinski definition) is 1. The van der Waals surface area contributed by atoms with Crippen LogP contribution in [0.5, 0.6) is 0 Å². The Morgan fingerprint density at radius 2 is 2.10 bits per heavy atom. The molecule has 0 saturated carbocycles. The van der Waals surface area contributed by atoms with Gasteiger partial charge in [-0.25, -0.2) is 4.79 Å². The fraction of sp³-hybridized carbons (Fsp3) is 0.286. The van der Waals surface area contributed by atoms with E-state index >= 15 is 0 Å². The molecular weight excluding hydrogens is 280 g/mol. The molecule has 0 bridgehead atoms. The third-order valence-corrected chi connectivity index (χ3v) is 3.00. The topological polar surface area (TPSA) is 74.3 Å². The molecule has 0 saturated heterocycles. The van der Waals surface area contributed by atoms with Crippen LogP contribution in [-0.2, 0) is 11.3 Å². The number of carbonyl (C=O) groups excluding carboxylic acids is 1. The van der Waals surface area contributed by atoms with Crippen LogP contribution in [0.15, 0.2) is 35.3 Å². The van der Waals surface area contributed by atoms with Gasteiger partial charge in [-0.2, -0.15) is 0 Å². The van der Waals surface area contributed by atoms with Crippen LogP contribution in [-0.4, -0.2) is 24.2 Å². The van der Waals surface area contributed by atoms with Crippen molar-refractivity contribution in [1.82, 2.24) is 4.57 Å². The smallest absolute Gasteiger partial charge is 0.337 e. The molecule has 0 spiro atoms. The van der Waals surface area contributed by atoms with Crippen LogP contribution in [0.2, 0.25) is 0 Å². The lowest BCUT2D eigenvalue weighted by Gasteiger charge is -2.07. The second-order valence-electron chi connectivity index (χ2n) is 4.25. The number of carbonyl (C=O) groups is 1. The van der Waals surface area contributed by atoms with Crippen LogP contribution < -0.4 is 11.3 Å². The van der Waals surface area contributed by atoms with Gasteiger partial charge < -0.3 is 15.0 Å². The Balaban J connectivity index is 0.00000200. The van der Waals surface area contributed by atoms with Gasteiger partial charge in [0.2, 0.25) is 0 Å². The Kier molecular flexibility index (Phi) is 5.73. The molecule has 0 aliphatic rings. The number of rotatable bonds is 4. The van der Waals surface area contributed by atoms with Crippen LogP contribution in [0.4, 0.5) is 0 Å². The summed E-state index contributed by atoms with van der Waals surface area (Å²) in [4.78, 5) is 23.7. The summed E-state index contributed by atoms with van der Waals surface area (Å²) in [6.07, 6.45) is 2.49. The maximum atomic E-state index is 12.3. The third-order valence-electron chi connectivity index (χ3n) is 3.00. The average molecular weight is 297 g/mol. The van der Waals surface area contributed by atoms with Crippen molar-refractivity contribution < 1.29 is 9.53 Å². The summed E-state index contributed by atoms with van der Waals surface area (Å²) in [5.41, 5.74) is 5.71. The summed E-state index contributed by atoms with van der Waals surface area (Å²) in [5, 5.41) is 1.32. The second-order valence-corrected chi connectivity index (χ2v) is 4.25. The molecular formula is C14H17ClN2O3. The van der Waals surface area contributed by atoms with Gasteiger partial charge in [0.05, 0.1) is 12.7 Å². The highest BCUT2D eigenvalue weighted by Gasteiger charge is 2.08. The second kappa shape index (κ2) is 7.07. The van der Waals surface area contributed by atoms with E-state index in [4.69, 9.17) is 5.73 Å². The number of aryl methyl sites for hydroxylation is 1. The monoisotopic (exact) mass is 296 g/mol. The van der Waals surface area contributed by atoms with Gasteiger partial charge in [0.15, 0.2) is 0 Å². The number of hydrogen-bond acceptors (Lipinski definition) is 4. The van der Waals surface area contributed by atoms with Crippen LogP contribution in [0, 0.1) is 0 Å². The van der Waals surface area contributed by atoms with Gasteiger partial charge in [-0.15, -0.1) is 12.4 Å². The quantitative estimate of drug-likeness (QED) is 0.869. The first-order chi connectivity index (χ1) is 9.17.